The summed E-state index contributed by atoms with van der Waals surface area (Å²) in [6.45, 7) is 8.15. The third kappa shape index (κ3) is 1.67. The molecule has 2 saturated carbocycles. The minimum Gasteiger partial charge on any atom is -0.326 e. The van der Waals surface area contributed by atoms with E-state index in [0.29, 0.717) is 0 Å². The molecule has 2 bridgehead atoms. The first kappa shape index (κ1) is 15.7. The molecule has 2 fully saturated rings. The number of aryl methyl sites for hydroxylation is 1. The maximum Gasteiger partial charge on any atom is 0.232 e. The number of fused-ring (bicyclic) bond motifs is 2. The summed E-state index contributed by atoms with van der Waals surface area (Å²) in [5.41, 5.74) is 0.475. The minimum absolute atomic E-state index is 0.0437. The molecule has 1 amide bonds. The quantitative estimate of drug-likeness (QED) is 0.804. The predicted molar refractivity (Wildman–Crippen MR) is 91.1 cm³/mol. The third-order valence-corrected chi connectivity index (χ3v) is 7.63. The average molecular weight is 364 g/mol. The molecule has 3 rings (SSSR count). The van der Waals surface area contributed by atoms with Crippen molar-refractivity contribution in [2.75, 3.05) is 5.32 Å². The first-order valence-electron chi connectivity index (χ1n) is 7.73. The minimum atomic E-state index is -0.677. The van der Waals surface area contributed by atoms with Crippen molar-refractivity contribution in [1.29, 1.82) is 0 Å². The van der Waals surface area contributed by atoms with Crippen LogP contribution < -0.4 is 5.32 Å². The lowest BCUT2D eigenvalue weighted by molar-refractivity contribution is -0.130. The van der Waals surface area contributed by atoms with Gasteiger partial charge in [-0.1, -0.05) is 54.4 Å². The van der Waals surface area contributed by atoms with Gasteiger partial charge in [0.1, 0.15) is 0 Å². The van der Waals surface area contributed by atoms with Gasteiger partial charge in [0, 0.05) is 11.1 Å². The van der Waals surface area contributed by atoms with E-state index in [9.17, 15) is 9.59 Å². The van der Waals surface area contributed by atoms with Gasteiger partial charge in [0.05, 0.1) is 10.2 Å². The van der Waals surface area contributed by atoms with E-state index >= 15 is 0 Å². The number of amides is 1. The van der Waals surface area contributed by atoms with Gasteiger partial charge in [-0.15, -0.1) is 0 Å². The van der Waals surface area contributed by atoms with E-state index in [1.807, 2.05) is 38.1 Å². The molecule has 0 spiro atoms. The van der Waals surface area contributed by atoms with Crippen molar-refractivity contribution < 1.29 is 9.59 Å². The summed E-state index contributed by atoms with van der Waals surface area (Å²) in [6, 6.07) is 7.77. The average Bonchev–Trinajstić information content (AvgIpc) is 2.74. The normalized spacial score (nSPS) is 35.7. The highest BCUT2D eigenvalue weighted by Crippen LogP contribution is 2.72. The van der Waals surface area contributed by atoms with Crippen molar-refractivity contribution in [2.45, 2.75) is 45.4 Å². The highest BCUT2D eigenvalue weighted by molar-refractivity contribution is 9.10. The van der Waals surface area contributed by atoms with Crippen LogP contribution in [0.1, 0.15) is 39.2 Å². The lowest BCUT2D eigenvalue weighted by Gasteiger charge is -2.39. The fourth-order valence-electron chi connectivity index (χ4n) is 4.33. The molecule has 22 heavy (non-hydrogen) atoms. The van der Waals surface area contributed by atoms with Crippen LogP contribution in [-0.4, -0.2) is 16.5 Å². The molecule has 0 saturated heterocycles. The van der Waals surface area contributed by atoms with Gasteiger partial charge in [-0.05, 0) is 37.3 Å². The standard InChI is InChI=1S/C18H22BrNO2/c1-11-5-7-12(8-6-11)20-15(22)18-10-9-17(4,16(18,2)3)14(21)13(18)19/h5-8,13H,9-10H2,1-4H3,(H,20,22)/t13-,17+,18-/m0/s1. The lowest BCUT2D eigenvalue weighted by atomic mass is 9.64. The fraction of sp³-hybridized carbons (Fsp3) is 0.556. The molecule has 1 aromatic carbocycles. The number of nitrogens with one attached hydrogen (secondary N) is 1. The number of carbonyl (C=O) groups is 2. The Morgan fingerprint density at radius 2 is 1.77 bits per heavy atom. The molecule has 0 heterocycles. The van der Waals surface area contributed by atoms with Crippen molar-refractivity contribution >= 4 is 33.3 Å². The molecule has 3 atom stereocenters. The van der Waals surface area contributed by atoms with Crippen molar-refractivity contribution in [1.82, 2.24) is 0 Å². The van der Waals surface area contributed by atoms with Crippen molar-refractivity contribution in [3.63, 3.8) is 0 Å². The van der Waals surface area contributed by atoms with Gasteiger partial charge in [-0.2, -0.15) is 0 Å². The van der Waals surface area contributed by atoms with Crippen molar-refractivity contribution in [3.05, 3.63) is 29.8 Å². The zero-order valence-electron chi connectivity index (χ0n) is 13.5. The lowest BCUT2D eigenvalue weighted by Crippen LogP contribution is -2.47. The summed E-state index contributed by atoms with van der Waals surface area (Å²) in [7, 11) is 0. The van der Waals surface area contributed by atoms with E-state index in [4.69, 9.17) is 0 Å². The van der Waals surface area contributed by atoms with Gasteiger partial charge in [0.15, 0.2) is 5.78 Å². The number of halogens is 1. The molecule has 4 heteroatoms. The molecule has 0 aromatic heterocycles. The van der Waals surface area contributed by atoms with E-state index in [1.165, 1.54) is 0 Å². The fourth-order valence-corrected chi connectivity index (χ4v) is 5.85. The Labute approximate surface area is 140 Å². The second-order valence-electron chi connectivity index (χ2n) is 7.48. The van der Waals surface area contributed by atoms with E-state index in [-0.39, 0.29) is 17.1 Å². The summed E-state index contributed by atoms with van der Waals surface area (Å²) in [5.74, 6) is 0.126. The van der Waals surface area contributed by atoms with Gasteiger partial charge in [-0.3, -0.25) is 9.59 Å². The number of hydrogen-bond donors (Lipinski definition) is 1. The number of ketones is 1. The van der Waals surface area contributed by atoms with Gasteiger partial charge in [0.25, 0.3) is 0 Å². The van der Waals surface area contributed by atoms with Crippen LogP contribution >= 0.6 is 15.9 Å². The predicted octanol–water partition coefficient (Wildman–Crippen LogP) is 4.09. The van der Waals surface area contributed by atoms with Crippen molar-refractivity contribution in [2.24, 2.45) is 16.2 Å². The highest BCUT2D eigenvalue weighted by Gasteiger charge is 2.76. The van der Waals surface area contributed by atoms with Gasteiger partial charge in [-0.25, -0.2) is 0 Å². The maximum atomic E-state index is 13.1. The molecular formula is C18H22BrNO2. The van der Waals surface area contributed by atoms with E-state index < -0.39 is 15.7 Å². The Kier molecular flexibility index (Phi) is 3.34. The second-order valence-corrected chi connectivity index (χ2v) is 8.39. The largest absolute Gasteiger partial charge is 0.326 e. The molecule has 1 aromatic rings. The Bertz CT molecular complexity index is 652. The van der Waals surface area contributed by atoms with Crippen LogP contribution in [0.2, 0.25) is 0 Å². The highest BCUT2D eigenvalue weighted by atomic mass is 79.9. The van der Waals surface area contributed by atoms with Gasteiger partial charge >= 0.3 is 0 Å². The molecule has 3 nitrogen and oxygen atoms in total. The number of anilines is 1. The van der Waals surface area contributed by atoms with Crippen molar-refractivity contribution in [3.8, 4) is 0 Å². The molecule has 0 unspecified atom stereocenters. The van der Waals surface area contributed by atoms with Crippen LogP contribution in [0.25, 0.3) is 0 Å². The Balaban J connectivity index is 1.97. The number of benzene rings is 1. The molecule has 1 N–H and O–H groups in total. The van der Waals surface area contributed by atoms with E-state index in [2.05, 4.69) is 35.1 Å². The Morgan fingerprint density at radius 1 is 1.18 bits per heavy atom. The first-order chi connectivity index (χ1) is 10.2. The molecule has 0 radical (unpaired) electrons. The number of Topliss-reactive ketones (excluding diaryl/α,β-unsaturated/α-hetero) is 1. The third-order valence-electron chi connectivity index (χ3n) is 6.44. The number of alkyl halides is 1. The zero-order valence-corrected chi connectivity index (χ0v) is 15.1. The molecule has 118 valence electrons. The molecule has 0 aliphatic heterocycles. The topological polar surface area (TPSA) is 46.2 Å². The summed E-state index contributed by atoms with van der Waals surface area (Å²) in [6.07, 6.45) is 1.53. The number of rotatable bonds is 2. The summed E-state index contributed by atoms with van der Waals surface area (Å²) >= 11 is 3.54. The zero-order chi connectivity index (χ0) is 16.3. The van der Waals surface area contributed by atoms with Crippen LogP contribution in [0.4, 0.5) is 5.69 Å². The van der Waals surface area contributed by atoms with Crippen LogP contribution in [0.3, 0.4) is 0 Å². The molecule has 2 aliphatic rings. The van der Waals surface area contributed by atoms with Gasteiger partial charge < -0.3 is 5.32 Å². The van der Waals surface area contributed by atoms with E-state index in [0.717, 1.165) is 24.1 Å². The summed E-state index contributed by atoms with van der Waals surface area (Å²) in [4.78, 5) is 25.4. The van der Waals surface area contributed by atoms with E-state index in [1.54, 1.807) is 0 Å². The smallest absolute Gasteiger partial charge is 0.232 e. The summed E-state index contributed by atoms with van der Waals surface area (Å²) < 4.78 is 0. The Morgan fingerprint density at radius 3 is 2.27 bits per heavy atom. The number of carbonyl (C=O) groups excluding carboxylic acids is 2. The Hall–Kier alpha value is -1.16. The van der Waals surface area contributed by atoms with Crippen LogP contribution in [0.5, 0.6) is 0 Å². The monoisotopic (exact) mass is 363 g/mol. The SMILES string of the molecule is Cc1ccc(NC(=O)[C@]23CC[C@](C)(C(=O)[C@@H]2Br)C3(C)C)cc1. The first-order valence-corrected chi connectivity index (χ1v) is 8.65. The molecule has 2 aliphatic carbocycles. The van der Waals surface area contributed by atoms with Crippen LogP contribution in [0.15, 0.2) is 24.3 Å². The second kappa shape index (κ2) is 4.67. The molecular weight excluding hydrogens is 342 g/mol. The van der Waals surface area contributed by atoms with Gasteiger partial charge in [0.2, 0.25) is 5.91 Å². The maximum absolute atomic E-state index is 13.1. The van der Waals surface area contributed by atoms with Crippen LogP contribution in [-0.2, 0) is 9.59 Å². The summed E-state index contributed by atoms with van der Waals surface area (Å²) in [5, 5.41) is 3.03. The van der Waals surface area contributed by atoms with Crippen LogP contribution in [0, 0.1) is 23.2 Å². The number of hydrogen-bond acceptors (Lipinski definition) is 2.